The molecule has 0 radical (unpaired) electrons. The largest absolute Gasteiger partial charge is 0.493 e. The molecule has 1 N–H and O–H groups in total. The summed E-state index contributed by atoms with van der Waals surface area (Å²) in [5.74, 6) is 1.43. The molecule has 0 aromatic heterocycles. The zero-order chi connectivity index (χ0) is 22.8. The number of aliphatic hydroxyl groups is 1. The highest BCUT2D eigenvalue weighted by atomic mass is 16.5. The summed E-state index contributed by atoms with van der Waals surface area (Å²) in [6.07, 6.45) is 5.91. The highest BCUT2D eigenvalue weighted by molar-refractivity contribution is 5.43. The van der Waals surface area contributed by atoms with Crippen molar-refractivity contribution in [3.63, 3.8) is 0 Å². The van der Waals surface area contributed by atoms with Gasteiger partial charge >= 0.3 is 0 Å². The van der Waals surface area contributed by atoms with Crippen LogP contribution in [0.25, 0.3) is 0 Å². The van der Waals surface area contributed by atoms with Crippen molar-refractivity contribution in [2.75, 3.05) is 73.7 Å². The lowest BCUT2D eigenvalue weighted by Crippen LogP contribution is -2.46. The standard InChI is InChI=1S/C25H43N3O4/c1-26(22-7-5-4-6-8-22)19-23(29)20-32-24-10-9-21(17-25(24)31-3)18-28-13-11-27(12-14-28)15-16-30-2/h9-10,17,22-23,29H,4-8,11-16,18-20H2,1-3H3. The smallest absolute Gasteiger partial charge is 0.161 e. The van der Waals surface area contributed by atoms with E-state index in [-0.39, 0.29) is 6.61 Å². The first kappa shape index (κ1) is 25.2. The van der Waals surface area contributed by atoms with Crippen LogP contribution >= 0.6 is 0 Å². The van der Waals surface area contributed by atoms with Gasteiger partial charge in [-0.3, -0.25) is 9.80 Å². The summed E-state index contributed by atoms with van der Waals surface area (Å²) in [6, 6.07) is 6.73. The summed E-state index contributed by atoms with van der Waals surface area (Å²) in [7, 11) is 5.55. The van der Waals surface area contributed by atoms with Crippen molar-refractivity contribution in [1.29, 1.82) is 0 Å². The SMILES string of the molecule is COCCN1CCN(Cc2ccc(OCC(O)CN(C)C3CCCCC3)c(OC)c2)CC1. The van der Waals surface area contributed by atoms with Crippen LogP contribution in [-0.2, 0) is 11.3 Å². The molecule has 32 heavy (non-hydrogen) atoms. The predicted molar refractivity (Wildman–Crippen MR) is 128 cm³/mol. The second-order valence-electron chi connectivity index (χ2n) is 9.29. The lowest BCUT2D eigenvalue weighted by molar-refractivity contribution is 0.0553. The molecule has 1 atom stereocenters. The molecule has 1 saturated carbocycles. The van der Waals surface area contributed by atoms with Gasteiger partial charge in [-0.25, -0.2) is 0 Å². The van der Waals surface area contributed by atoms with Crippen LogP contribution in [0.1, 0.15) is 37.7 Å². The Morgan fingerprint density at radius 2 is 1.75 bits per heavy atom. The Morgan fingerprint density at radius 3 is 2.44 bits per heavy atom. The van der Waals surface area contributed by atoms with E-state index in [1.165, 1.54) is 37.7 Å². The quantitative estimate of drug-likeness (QED) is 0.526. The van der Waals surface area contributed by atoms with E-state index < -0.39 is 6.10 Å². The molecule has 1 heterocycles. The third-order valence-corrected chi connectivity index (χ3v) is 6.84. The van der Waals surface area contributed by atoms with E-state index >= 15 is 0 Å². The highest BCUT2D eigenvalue weighted by Crippen LogP contribution is 2.29. The average Bonchev–Trinajstić information content (AvgIpc) is 2.83. The van der Waals surface area contributed by atoms with Crippen LogP contribution in [0.2, 0.25) is 0 Å². The van der Waals surface area contributed by atoms with Gasteiger partial charge in [-0.2, -0.15) is 0 Å². The van der Waals surface area contributed by atoms with Gasteiger partial charge in [0.05, 0.1) is 13.7 Å². The molecular weight excluding hydrogens is 406 g/mol. The maximum absolute atomic E-state index is 10.5. The van der Waals surface area contributed by atoms with Gasteiger partial charge in [-0.15, -0.1) is 0 Å². The molecule has 1 aliphatic heterocycles. The van der Waals surface area contributed by atoms with E-state index in [9.17, 15) is 5.11 Å². The minimum absolute atomic E-state index is 0.274. The van der Waals surface area contributed by atoms with Gasteiger partial charge < -0.3 is 24.2 Å². The van der Waals surface area contributed by atoms with Crippen LogP contribution in [0.15, 0.2) is 18.2 Å². The van der Waals surface area contributed by atoms with Crippen molar-refractivity contribution >= 4 is 0 Å². The number of rotatable bonds is 12. The first-order valence-corrected chi connectivity index (χ1v) is 12.2. The number of benzene rings is 1. The molecule has 0 amide bonds. The summed E-state index contributed by atoms with van der Waals surface area (Å²) in [6.45, 7) is 7.90. The molecule has 1 aromatic rings. The molecule has 7 nitrogen and oxygen atoms in total. The monoisotopic (exact) mass is 449 g/mol. The topological polar surface area (TPSA) is 57.6 Å². The van der Waals surface area contributed by atoms with E-state index in [0.717, 1.165) is 51.6 Å². The van der Waals surface area contributed by atoms with Crippen molar-refractivity contribution in [2.24, 2.45) is 0 Å². The van der Waals surface area contributed by atoms with Crippen LogP contribution in [-0.4, -0.2) is 106 Å². The highest BCUT2D eigenvalue weighted by Gasteiger charge is 2.21. The number of piperazine rings is 1. The van der Waals surface area contributed by atoms with Crippen LogP contribution < -0.4 is 9.47 Å². The molecule has 182 valence electrons. The minimum atomic E-state index is -0.513. The van der Waals surface area contributed by atoms with E-state index in [1.54, 1.807) is 14.2 Å². The van der Waals surface area contributed by atoms with Crippen LogP contribution in [0, 0.1) is 0 Å². The first-order valence-electron chi connectivity index (χ1n) is 12.2. The molecule has 1 unspecified atom stereocenters. The molecular formula is C25H43N3O4. The van der Waals surface area contributed by atoms with E-state index in [0.29, 0.717) is 18.3 Å². The van der Waals surface area contributed by atoms with Gasteiger partial charge in [0.2, 0.25) is 0 Å². The van der Waals surface area contributed by atoms with Crippen molar-refractivity contribution in [2.45, 2.75) is 50.8 Å². The third kappa shape index (κ3) is 7.89. The van der Waals surface area contributed by atoms with E-state index in [2.05, 4.69) is 33.9 Å². The van der Waals surface area contributed by atoms with Crippen LogP contribution in [0.5, 0.6) is 11.5 Å². The summed E-state index contributed by atoms with van der Waals surface area (Å²) in [4.78, 5) is 7.22. The lowest BCUT2D eigenvalue weighted by atomic mass is 9.94. The number of nitrogens with zero attached hydrogens (tertiary/aromatic N) is 3. The molecule has 2 aliphatic rings. The number of hydrogen-bond donors (Lipinski definition) is 1. The summed E-state index contributed by atoms with van der Waals surface area (Å²) in [5.41, 5.74) is 1.22. The van der Waals surface area contributed by atoms with Crippen molar-refractivity contribution in [3.8, 4) is 11.5 Å². The molecule has 0 bridgehead atoms. The van der Waals surface area contributed by atoms with Gasteiger partial charge in [-0.05, 0) is 37.6 Å². The van der Waals surface area contributed by atoms with Crippen molar-refractivity contribution < 1.29 is 19.3 Å². The maximum Gasteiger partial charge on any atom is 0.161 e. The fourth-order valence-electron chi connectivity index (χ4n) is 4.82. The van der Waals surface area contributed by atoms with E-state index in [1.807, 2.05) is 6.07 Å². The van der Waals surface area contributed by atoms with Gasteiger partial charge in [0.25, 0.3) is 0 Å². The lowest BCUT2D eigenvalue weighted by Gasteiger charge is -2.34. The Kier molecular flexibility index (Phi) is 10.5. The van der Waals surface area contributed by atoms with Gasteiger partial charge in [0.1, 0.15) is 12.7 Å². The Balaban J connectivity index is 1.44. The Morgan fingerprint density at radius 1 is 1.03 bits per heavy atom. The second kappa shape index (κ2) is 13.4. The summed E-state index contributed by atoms with van der Waals surface area (Å²) >= 11 is 0. The number of methoxy groups -OCH3 is 2. The zero-order valence-corrected chi connectivity index (χ0v) is 20.3. The van der Waals surface area contributed by atoms with Gasteiger partial charge in [0.15, 0.2) is 11.5 Å². The first-order chi connectivity index (χ1) is 15.6. The third-order valence-electron chi connectivity index (χ3n) is 6.84. The van der Waals surface area contributed by atoms with Crippen molar-refractivity contribution in [1.82, 2.24) is 14.7 Å². The van der Waals surface area contributed by atoms with Crippen LogP contribution in [0.3, 0.4) is 0 Å². The Labute approximate surface area is 194 Å². The second-order valence-corrected chi connectivity index (χ2v) is 9.29. The molecule has 0 spiro atoms. The van der Waals surface area contributed by atoms with Crippen LogP contribution in [0.4, 0.5) is 0 Å². The summed E-state index contributed by atoms with van der Waals surface area (Å²) in [5, 5.41) is 10.5. The average molecular weight is 450 g/mol. The number of likely N-dealkylation sites (N-methyl/N-ethyl adjacent to an activating group) is 1. The fourth-order valence-corrected chi connectivity index (χ4v) is 4.82. The molecule has 1 aromatic carbocycles. The van der Waals surface area contributed by atoms with Gasteiger partial charge in [-0.1, -0.05) is 25.3 Å². The van der Waals surface area contributed by atoms with Crippen molar-refractivity contribution in [3.05, 3.63) is 23.8 Å². The van der Waals surface area contributed by atoms with E-state index in [4.69, 9.17) is 14.2 Å². The number of hydrogen-bond acceptors (Lipinski definition) is 7. The summed E-state index contributed by atoms with van der Waals surface area (Å²) < 4.78 is 16.7. The fraction of sp³-hybridized carbons (Fsp3) is 0.760. The predicted octanol–water partition coefficient (Wildman–Crippen LogP) is 2.46. The van der Waals surface area contributed by atoms with Gasteiger partial charge in [0, 0.05) is 59.0 Å². The molecule has 2 fully saturated rings. The molecule has 1 saturated heterocycles. The number of aliphatic hydroxyl groups excluding tert-OH is 1. The maximum atomic E-state index is 10.5. The molecule has 1 aliphatic carbocycles. The minimum Gasteiger partial charge on any atom is -0.493 e. The normalized spacial score (nSPS) is 19.9. The zero-order valence-electron chi connectivity index (χ0n) is 20.3. The molecule has 7 heteroatoms. The Hall–Kier alpha value is -1.38. The number of ether oxygens (including phenoxy) is 3. The Bertz CT molecular complexity index is 661. The molecule has 3 rings (SSSR count).